The van der Waals surface area contributed by atoms with Crippen molar-refractivity contribution in [3.63, 3.8) is 0 Å². The molecule has 0 radical (unpaired) electrons. The van der Waals surface area contributed by atoms with Gasteiger partial charge in [0.15, 0.2) is 11.6 Å². The van der Waals surface area contributed by atoms with Gasteiger partial charge in [-0.2, -0.15) is 9.97 Å². The predicted octanol–water partition coefficient (Wildman–Crippen LogP) is 13.3. The normalized spacial score (nSPS) is 11.2. The van der Waals surface area contributed by atoms with Gasteiger partial charge in [-0.25, -0.2) is 29.9 Å². The van der Waals surface area contributed by atoms with E-state index >= 15 is 0 Å². The number of para-hydroxylation sites is 4. The smallest absolute Gasteiger partial charge is 0.257 e. The van der Waals surface area contributed by atoms with Crippen molar-refractivity contribution in [2.75, 3.05) is 138 Å². The molecule has 4 aromatic heterocycles. The van der Waals surface area contributed by atoms with Crippen LogP contribution in [0.1, 0.15) is 74.8 Å². The van der Waals surface area contributed by atoms with Crippen LogP contribution in [0.5, 0.6) is 11.5 Å². The summed E-state index contributed by atoms with van der Waals surface area (Å²) < 4.78 is 21.6. The molecular formula is C78H94Cl6N20O11. The molecule has 31 nitrogen and oxygen atoms in total. The molecule has 0 saturated carbocycles. The molecule has 2 aliphatic rings. The summed E-state index contributed by atoms with van der Waals surface area (Å²) in [7, 11) is 9.28. The van der Waals surface area contributed by atoms with Crippen LogP contribution in [0.2, 0.25) is 26.2 Å². The minimum absolute atomic E-state index is 0. The molecule has 0 atom stereocenters. The maximum atomic E-state index is 12.5. The zero-order valence-electron chi connectivity index (χ0n) is 61.6. The van der Waals surface area contributed by atoms with Crippen molar-refractivity contribution in [1.82, 2.24) is 55.8 Å². The molecule has 614 valence electrons. The van der Waals surface area contributed by atoms with Gasteiger partial charge in [0, 0.05) is 120 Å². The maximum Gasteiger partial charge on any atom is 0.257 e. The summed E-state index contributed by atoms with van der Waals surface area (Å²) in [5.74, 6) is 0.693. The van der Waals surface area contributed by atoms with Gasteiger partial charge in [-0.1, -0.05) is 114 Å². The molecule has 2 fully saturated rings. The number of amides is 4. The molecule has 13 N–H and O–H groups in total. The number of nitrogens with one attached hydrogen (secondary N) is 7. The van der Waals surface area contributed by atoms with E-state index in [1.807, 2.05) is 78.9 Å². The third-order valence-electron chi connectivity index (χ3n) is 15.1. The molecule has 5 aromatic carbocycles. The van der Waals surface area contributed by atoms with Crippen molar-refractivity contribution in [3.05, 3.63) is 231 Å². The molecule has 2 saturated heterocycles. The third-order valence-corrected chi connectivity index (χ3v) is 16.5. The number of methoxy groups -OCH3 is 2. The lowest BCUT2D eigenvalue weighted by Crippen LogP contribution is -2.36. The lowest BCUT2D eigenvalue weighted by molar-refractivity contribution is -0.114. The number of nitrogen functional groups attached to an aromatic ring is 2. The second-order valence-corrected chi connectivity index (χ2v) is 24.3. The molecule has 9 aromatic rings. The van der Waals surface area contributed by atoms with E-state index in [1.165, 1.54) is 71.2 Å². The van der Waals surface area contributed by atoms with Crippen molar-refractivity contribution in [3.8, 4) is 11.5 Å². The number of ether oxygens (including phenoxy) is 4. The van der Waals surface area contributed by atoms with E-state index in [0.29, 0.717) is 58.9 Å². The number of hydrogen-bond donors (Lipinski definition) is 10. The summed E-state index contributed by atoms with van der Waals surface area (Å²) in [5.41, 5.74) is 24.1. The van der Waals surface area contributed by atoms with E-state index in [1.54, 1.807) is 44.6 Å². The van der Waals surface area contributed by atoms with Crippen molar-refractivity contribution in [1.29, 1.82) is 0 Å². The number of carbonyl (C=O) groups excluding carboxylic acids is 7. The minimum Gasteiger partial charge on any atom is -0.495 e. The number of halogens is 6. The monoisotopic (exact) mass is 1700 g/mol. The number of hydrogen-bond acceptors (Lipinski definition) is 27. The summed E-state index contributed by atoms with van der Waals surface area (Å²) in [6.45, 7) is 16.8. The fraction of sp³-hybridized carbons (Fsp3) is 0.244. The SMILES string of the molecule is C.C.C.C=CC(=O)Cc1ccccc1Nc1nc(Cl)ncc1C(=O)NC.C=CC(=O)Cc1ccccc1Nc1nc(Nc2ccc(N3CCOCC3)cc2OC)ncc1C(=O)NC.C=CC(=O)Nc1ccccc1N.CN.CNC(=O)c1cnc(Cl)nc1Cl.COc1cc(N2CCOCC2)ccc1N.O=C(Cl)c1cnc(Cl)nc1Cl. The highest BCUT2D eigenvalue weighted by Gasteiger charge is 2.21. The van der Waals surface area contributed by atoms with Crippen LogP contribution >= 0.6 is 69.6 Å². The number of ketones is 2. The lowest BCUT2D eigenvalue weighted by atomic mass is 10.1. The fourth-order valence-corrected chi connectivity index (χ4v) is 10.6. The Bertz CT molecular complexity index is 4730. The van der Waals surface area contributed by atoms with Gasteiger partial charge in [-0.15, -0.1) is 0 Å². The van der Waals surface area contributed by atoms with Crippen LogP contribution < -0.4 is 73.7 Å². The zero-order valence-corrected chi connectivity index (χ0v) is 66.1. The van der Waals surface area contributed by atoms with Crippen molar-refractivity contribution >= 4 is 173 Å². The second kappa shape index (κ2) is 52.6. The van der Waals surface area contributed by atoms with E-state index in [-0.39, 0.29) is 130 Å². The Morgan fingerprint density at radius 3 is 1.31 bits per heavy atom. The Hall–Kier alpha value is -11.7. The molecule has 0 bridgehead atoms. The number of nitrogens with zero attached hydrogens (tertiary/aromatic N) is 10. The highest BCUT2D eigenvalue weighted by Crippen LogP contribution is 2.34. The number of rotatable bonds is 22. The largest absolute Gasteiger partial charge is 0.495 e. The molecule has 6 heterocycles. The van der Waals surface area contributed by atoms with Crippen molar-refractivity contribution in [2.45, 2.75) is 35.1 Å². The van der Waals surface area contributed by atoms with Crippen LogP contribution in [0.3, 0.4) is 0 Å². The maximum absolute atomic E-state index is 12.5. The van der Waals surface area contributed by atoms with Gasteiger partial charge in [-0.3, -0.25) is 33.6 Å². The van der Waals surface area contributed by atoms with Crippen LogP contribution in [0, 0.1) is 0 Å². The van der Waals surface area contributed by atoms with E-state index in [4.69, 9.17) is 100 Å². The highest BCUT2D eigenvalue weighted by molar-refractivity contribution is 6.68. The summed E-state index contributed by atoms with van der Waals surface area (Å²) in [6, 6.07) is 33.4. The Morgan fingerprint density at radius 1 is 0.478 bits per heavy atom. The van der Waals surface area contributed by atoms with Gasteiger partial charge in [0.05, 0.1) is 74.5 Å². The molecule has 4 amide bonds. The summed E-state index contributed by atoms with van der Waals surface area (Å²) in [6.07, 6.45) is 9.36. The first-order valence-corrected chi connectivity index (χ1v) is 35.7. The zero-order chi connectivity index (χ0) is 82.2. The van der Waals surface area contributed by atoms with Crippen LogP contribution in [-0.2, 0) is 36.7 Å². The summed E-state index contributed by atoms with van der Waals surface area (Å²) in [4.78, 5) is 116. The van der Waals surface area contributed by atoms with E-state index in [9.17, 15) is 33.6 Å². The first-order chi connectivity index (χ1) is 53.9. The molecular weight excluding hydrogens is 1610 g/mol. The average Bonchev–Trinajstić information content (AvgIpc) is 0.809. The van der Waals surface area contributed by atoms with Gasteiger partial charge < -0.3 is 83.2 Å². The van der Waals surface area contributed by atoms with Crippen LogP contribution in [-0.4, -0.2) is 175 Å². The first kappa shape index (κ1) is 99.4. The van der Waals surface area contributed by atoms with Crippen LogP contribution in [0.25, 0.3) is 0 Å². The lowest BCUT2D eigenvalue weighted by Gasteiger charge is -2.29. The van der Waals surface area contributed by atoms with Crippen molar-refractivity contribution < 1.29 is 52.5 Å². The first-order valence-electron chi connectivity index (χ1n) is 33.4. The summed E-state index contributed by atoms with van der Waals surface area (Å²) >= 11 is 32.8. The Kier molecular flexibility index (Phi) is 45.5. The van der Waals surface area contributed by atoms with Gasteiger partial charge in [0.1, 0.15) is 44.6 Å². The molecule has 11 rings (SSSR count). The molecule has 0 unspecified atom stereocenters. The number of nitrogens with two attached hydrogens (primary N) is 3. The Balaban J connectivity index is 0.000000495. The number of allylic oxidation sites excluding steroid dienone is 2. The van der Waals surface area contributed by atoms with Gasteiger partial charge in [0.25, 0.3) is 23.0 Å². The Morgan fingerprint density at radius 2 is 0.878 bits per heavy atom. The standard InChI is InChI=1S/C27H30N6O4.C16H15ClN4O2.C11H16N2O2.C9H10N2O.C6H5Cl2N3O.C5HCl3N2O.CH5N.3CH4/c1-4-20(34)15-18-7-5-6-8-22(18)30-25-21(26(35)28-2)17-29-27(32-25)31-23-10-9-19(16-24(23)36-3)33-11-13-37-14-12-33;1-3-11(22)8-10-6-4-5-7-13(10)20-14-12(15(23)18-2)9-19-16(17)21-14;1-14-11-8-9(2-3-10(11)12)13-4-6-15-7-5-13;1-2-9(12)11-8-6-4-3-5-7(8)10;1-9-5(12)3-2-10-6(8)11-4(3)7;6-3-2(4(7)11)1-9-5(8)10-3;1-2;;;/h4-10,16-17H,1,11-15H2,2-3H3,(H,28,35)(H2,29,30,31,32);3-7,9H,1,8H2,2H3,(H,18,23)(H,19,20,21);2-3,8H,4-7,12H2,1H3;2-6H,1,10H2,(H,11,12);2H,1H3,(H,9,12);1H;2H2,1H3;3*1H4. The number of benzene rings is 5. The predicted molar refractivity (Wildman–Crippen MR) is 461 cm³/mol. The van der Waals surface area contributed by atoms with E-state index in [2.05, 4.69) is 112 Å². The van der Waals surface area contributed by atoms with Crippen LogP contribution in [0.4, 0.5) is 63.1 Å². The second-order valence-electron chi connectivity index (χ2n) is 22.2. The number of anilines is 11. The molecule has 0 aliphatic carbocycles. The van der Waals surface area contributed by atoms with E-state index < -0.39 is 5.24 Å². The summed E-state index contributed by atoms with van der Waals surface area (Å²) in [5, 5.41) is 18.9. The quantitative estimate of drug-likeness (QED) is 0.00990. The molecule has 37 heteroatoms. The molecule has 2 aliphatic heterocycles. The molecule has 115 heavy (non-hydrogen) atoms. The van der Waals surface area contributed by atoms with Gasteiger partial charge in [0.2, 0.25) is 27.7 Å². The topological polar surface area (TPSA) is 428 Å². The number of aromatic nitrogens is 8. The average molecular weight is 1700 g/mol. The highest BCUT2D eigenvalue weighted by atomic mass is 35.5. The van der Waals surface area contributed by atoms with Gasteiger partial charge in [-0.05, 0) is 131 Å². The number of morpholine rings is 2. The van der Waals surface area contributed by atoms with E-state index in [0.717, 1.165) is 67.6 Å². The third kappa shape index (κ3) is 32.0. The molecule has 0 spiro atoms. The minimum atomic E-state index is -0.702. The fourth-order valence-electron chi connectivity index (χ4n) is 9.50. The number of carbonyl (C=O) groups is 7. The van der Waals surface area contributed by atoms with Crippen molar-refractivity contribution in [2.24, 2.45) is 5.73 Å². The van der Waals surface area contributed by atoms with Crippen LogP contribution in [0.15, 0.2) is 172 Å². The Labute approximate surface area is 698 Å². The van der Waals surface area contributed by atoms with Gasteiger partial charge >= 0.3 is 0 Å².